The maximum absolute atomic E-state index is 11.4. The van der Waals surface area contributed by atoms with Crippen molar-refractivity contribution in [1.82, 2.24) is 10.6 Å². The van der Waals surface area contributed by atoms with Crippen LogP contribution in [0.3, 0.4) is 0 Å². The normalized spacial score (nSPS) is 11.9. The van der Waals surface area contributed by atoms with Gasteiger partial charge in [-0.05, 0) is 36.8 Å². The van der Waals surface area contributed by atoms with E-state index in [2.05, 4.69) is 15.6 Å². The number of guanidine groups is 1. The maximum Gasteiger partial charge on any atom is 0.238 e. The number of hydrogen-bond donors (Lipinski definition) is 3. The van der Waals surface area contributed by atoms with Crippen molar-refractivity contribution in [3.05, 3.63) is 59.7 Å². The highest BCUT2D eigenvalue weighted by Gasteiger charge is 2.08. The standard InChI is InChI=1S/C18H24N4O3S/c1-14-6-8-16(9-7-14)25-11-10-21-18(20-2)22-13-15-4-3-5-17(12-15)26(19,23)24/h3-9,12H,10-11,13H2,1-2H3,(H2,19,23,24)(H2,20,21,22). The van der Waals surface area contributed by atoms with Crippen molar-refractivity contribution in [3.63, 3.8) is 0 Å². The molecule has 0 fully saturated rings. The quantitative estimate of drug-likeness (QED) is 0.385. The van der Waals surface area contributed by atoms with Gasteiger partial charge in [0.15, 0.2) is 5.96 Å². The molecule has 0 spiro atoms. The van der Waals surface area contributed by atoms with Gasteiger partial charge in [0.25, 0.3) is 0 Å². The van der Waals surface area contributed by atoms with Gasteiger partial charge in [0.05, 0.1) is 11.4 Å². The molecule has 8 heteroatoms. The van der Waals surface area contributed by atoms with Gasteiger partial charge in [0.2, 0.25) is 10.0 Å². The Hall–Kier alpha value is -2.58. The molecule has 0 radical (unpaired) electrons. The smallest absolute Gasteiger partial charge is 0.238 e. The fourth-order valence-corrected chi connectivity index (χ4v) is 2.80. The van der Waals surface area contributed by atoms with Crippen LogP contribution in [0.5, 0.6) is 5.75 Å². The summed E-state index contributed by atoms with van der Waals surface area (Å²) in [5, 5.41) is 11.4. The molecule has 2 rings (SSSR count). The first kappa shape index (κ1) is 19.7. The van der Waals surface area contributed by atoms with Crippen LogP contribution in [0.15, 0.2) is 58.4 Å². The van der Waals surface area contributed by atoms with Gasteiger partial charge in [-0.25, -0.2) is 13.6 Å². The van der Waals surface area contributed by atoms with E-state index in [1.807, 2.05) is 37.3 Å². The van der Waals surface area contributed by atoms with E-state index in [1.165, 1.54) is 17.7 Å². The van der Waals surface area contributed by atoms with Crippen molar-refractivity contribution in [1.29, 1.82) is 0 Å². The van der Waals surface area contributed by atoms with Crippen LogP contribution < -0.4 is 20.5 Å². The fourth-order valence-electron chi connectivity index (χ4n) is 2.21. The van der Waals surface area contributed by atoms with Crippen molar-refractivity contribution < 1.29 is 13.2 Å². The lowest BCUT2D eigenvalue weighted by atomic mass is 10.2. The summed E-state index contributed by atoms with van der Waals surface area (Å²) in [4.78, 5) is 4.22. The Morgan fingerprint density at radius 3 is 2.54 bits per heavy atom. The highest BCUT2D eigenvalue weighted by atomic mass is 32.2. The maximum atomic E-state index is 11.4. The predicted molar refractivity (Wildman–Crippen MR) is 103 cm³/mol. The Kier molecular flexibility index (Phi) is 6.99. The van der Waals surface area contributed by atoms with Crippen LogP contribution in [0.25, 0.3) is 0 Å². The highest BCUT2D eigenvalue weighted by Crippen LogP contribution is 2.11. The summed E-state index contributed by atoms with van der Waals surface area (Å²) in [5.74, 6) is 1.42. The number of nitrogens with one attached hydrogen (secondary N) is 2. The Morgan fingerprint density at radius 2 is 1.88 bits per heavy atom. The molecule has 0 bridgehead atoms. The first-order valence-electron chi connectivity index (χ1n) is 8.14. The van der Waals surface area contributed by atoms with E-state index in [-0.39, 0.29) is 4.90 Å². The monoisotopic (exact) mass is 376 g/mol. The zero-order chi connectivity index (χ0) is 19.0. The Balaban J connectivity index is 1.78. The van der Waals surface area contributed by atoms with Crippen LogP contribution in [0.2, 0.25) is 0 Å². The van der Waals surface area contributed by atoms with Crippen molar-refractivity contribution in [2.75, 3.05) is 20.2 Å². The van der Waals surface area contributed by atoms with E-state index >= 15 is 0 Å². The number of primary sulfonamides is 1. The summed E-state index contributed by atoms with van der Waals surface area (Å²) in [7, 11) is -2.04. The largest absolute Gasteiger partial charge is 0.492 e. The minimum atomic E-state index is -3.71. The number of hydrogen-bond acceptors (Lipinski definition) is 4. The van der Waals surface area contributed by atoms with Gasteiger partial charge in [-0.15, -0.1) is 0 Å². The zero-order valence-electron chi connectivity index (χ0n) is 14.9. The minimum absolute atomic E-state index is 0.0891. The molecule has 26 heavy (non-hydrogen) atoms. The van der Waals surface area contributed by atoms with Crippen molar-refractivity contribution in [3.8, 4) is 5.75 Å². The molecule has 0 heterocycles. The van der Waals surface area contributed by atoms with E-state index in [1.54, 1.807) is 13.1 Å². The molecule has 0 aliphatic heterocycles. The predicted octanol–water partition coefficient (Wildman–Crippen LogP) is 1.39. The second-order valence-corrected chi connectivity index (χ2v) is 7.27. The highest BCUT2D eigenvalue weighted by molar-refractivity contribution is 7.89. The lowest BCUT2D eigenvalue weighted by Crippen LogP contribution is -2.38. The Bertz CT molecular complexity index is 849. The third-order valence-electron chi connectivity index (χ3n) is 3.59. The molecule has 0 aromatic heterocycles. The number of nitrogens with zero attached hydrogens (tertiary/aromatic N) is 1. The molecule has 140 valence electrons. The third kappa shape index (κ3) is 6.38. The van der Waals surface area contributed by atoms with Gasteiger partial charge in [-0.2, -0.15) is 0 Å². The lowest BCUT2D eigenvalue weighted by Gasteiger charge is -2.13. The molecule has 0 aliphatic rings. The molecule has 4 N–H and O–H groups in total. The van der Waals surface area contributed by atoms with E-state index in [0.29, 0.717) is 25.7 Å². The van der Waals surface area contributed by atoms with Crippen LogP contribution in [0, 0.1) is 6.92 Å². The van der Waals surface area contributed by atoms with E-state index in [0.717, 1.165) is 11.3 Å². The van der Waals surface area contributed by atoms with Crippen molar-refractivity contribution >= 4 is 16.0 Å². The topological polar surface area (TPSA) is 106 Å². The molecule has 7 nitrogen and oxygen atoms in total. The summed E-state index contributed by atoms with van der Waals surface area (Å²) in [6.45, 7) is 3.51. The Morgan fingerprint density at radius 1 is 1.15 bits per heavy atom. The Labute approximate surface area is 154 Å². The summed E-state index contributed by atoms with van der Waals surface area (Å²) in [5.41, 5.74) is 1.97. The van der Waals surface area contributed by atoms with Crippen LogP contribution in [0.4, 0.5) is 0 Å². The van der Waals surface area contributed by atoms with Crippen molar-refractivity contribution in [2.45, 2.75) is 18.4 Å². The summed E-state index contributed by atoms with van der Waals surface area (Å²) in [6.07, 6.45) is 0. The van der Waals surface area contributed by atoms with Crippen LogP contribution >= 0.6 is 0 Å². The number of nitrogens with two attached hydrogens (primary N) is 1. The SMILES string of the molecule is CN=C(NCCOc1ccc(C)cc1)NCc1cccc(S(N)(=O)=O)c1. The minimum Gasteiger partial charge on any atom is -0.492 e. The molecule has 0 saturated carbocycles. The van der Waals surface area contributed by atoms with E-state index < -0.39 is 10.0 Å². The van der Waals surface area contributed by atoms with Gasteiger partial charge in [0.1, 0.15) is 12.4 Å². The zero-order valence-corrected chi connectivity index (χ0v) is 15.7. The average molecular weight is 376 g/mol. The van der Waals surface area contributed by atoms with Gasteiger partial charge in [-0.1, -0.05) is 29.8 Å². The van der Waals surface area contributed by atoms with Crippen LogP contribution in [0.1, 0.15) is 11.1 Å². The second-order valence-electron chi connectivity index (χ2n) is 5.71. The van der Waals surface area contributed by atoms with Gasteiger partial charge in [-0.3, -0.25) is 4.99 Å². The molecule has 2 aromatic rings. The second kappa shape index (κ2) is 9.21. The number of benzene rings is 2. The number of rotatable bonds is 7. The third-order valence-corrected chi connectivity index (χ3v) is 4.51. The number of sulfonamides is 1. The molecule has 0 amide bonds. The number of aliphatic imine (C=N–C) groups is 1. The summed E-state index contributed by atoms with van der Waals surface area (Å²) < 4.78 is 28.4. The fraction of sp³-hybridized carbons (Fsp3) is 0.278. The molecule has 0 saturated heterocycles. The van der Waals surface area contributed by atoms with Gasteiger partial charge < -0.3 is 15.4 Å². The number of aryl methyl sites for hydroxylation is 1. The molecule has 2 aromatic carbocycles. The first-order valence-corrected chi connectivity index (χ1v) is 9.69. The lowest BCUT2D eigenvalue weighted by molar-refractivity contribution is 0.322. The van der Waals surface area contributed by atoms with Gasteiger partial charge >= 0.3 is 0 Å². The van der Waals surface area contributed by atoms with E-state index in [4.69, 9.17) is 9.88 Å². The van der Waals surface area contributed by atoms with Crippen molar-refractivity contribution in [2.24, 2.45) is 10.1 Å². The van der Waals surface area contributed by atoms with Crippen LogP contribution in [-0.4, -0.2) is 34.6 Å². The molecule has 0 unspecified atom stereocenters. The molecule has 0 atom stereocenters. The number of ether oxygens (including phenoxy) is 1. The first-order chi connectivity index (χ1) is 12.4. The van der Waals surface area contributed by atoms with E-state index in [9.17, 15) is 8.42 Å². The van der Waals surface area contributed by atoms with Gasteiger partial charge in [0, 0.05) is 13.6 Å². The van der Waals surface area contributed by atoms with Crippen LogP contribution in [-0.2, 0) is 16.6 Å². The average Bonchev–Trinajstić information content (AvgIpc) is 2.62. The molecule has 0 aliphatic carbocycles. The summed E-state index contributed by atoms with van der Waals surface area (Å²) in [6, 6.07) is 14.3. The molecular formula is C18H24N4O3S. The summed E-state index contributed by atoms with van der Waals surface area (Å²) >= 11 is 0. The molecular weight excluding hydrogens is 352 g/mol.